The Bertz CT molecular complexity index is 952. The van der Waals surface area contributed by atoms with Crippen molar-refractivity contribution in [1.29, 1.82) is 0 Å². The van der Waals surface area contributed by atoms with Gasteiger partial charge < -0.3 is 9.47 Å². The van der Waals surface area contributed by atoms with Gasteiger partial charge in [0, 0.05) is 5.56 Å². The molecular weight excluding hydrogens is 356 g/mol. The van der Waals surface area contributed by atoms with Crippen molar-refractivity contribution in [3.05, 3.63) is 66.0 Å². The molecule has 3 rings (SSSR count). The molecule has 144 valence electrons. The first-order valence-corrected chi connectivity index (χ1v) is 9.08. The standard InChI is InChI=1S/C21H22N4O3/c1-3-4-12-28-21-13-16(9-11-20(21)27-2)8-10-19(26)17-6-5-7-18(14-17)25-15-22-23-24-25/h5-11,13-15H,3-4,12H2,1-2H3/b10-8+. The Morgan fingerprint density at radius 2 is 2.07 bits per heavy atom. The second-order valence-electron chi connectivity index (χ2n) is 6.11. The fourth-order valence-corrected chi connectivity index (χ4v) is 2.59. The zero-order chi connectivity index (χ0) is 19.8. The monoisotopic (exact) mass is 378 g/mol. The van der Waals surface area contributed by atoms with Crippen molar-refractivity contribution in [2.24, 2.45) is 0 Å². The van der Waals surface area contributed by atoms with Gasteiger partial charge in [-0.05, 0) is 52.8 Å². The van der Waals surface area contributed by atoms with E-state index in [1.165, 1.54) is 17.1 Å². The lowest BCUT2D eigenvalue weighted by Crippen LogP contribution is -2.00. The minimum absolute atomic E-state index is 0.112. The van der Waals surface area contributed by atoms with Gasteiger partial charge in [0.15, 0.2) is 17.3 Å². The number of carbonyl (C=O) groups is 1. The minimum Gasteiger partial charge on any atom is -0.493 e. The third-order valence-corrected chi connectivity index (χ3v) is 4.11. The number of ether oxygens (including phenoxy) is 2. The molecule has 3 aromatic rings. The molecular formula is C21H22N4O3. The van der Waals surface area contributed by atoms with Crippen LogP contribution in [0.1, 0.15) is 35.7 Å². The highest BCUT2D eigenvalue weighted by Crippen LogP contribution is 2.29. The van der Waals surface area contributed by atoms with Crippen molar-refractivity contribution >= 4 is 11.9 Å². The van der Waals surface area contributed by atoms with E-state index in [0.29, 0.717) is 23.7 Å². The van der Waals surface area contributed by atoms with Crippen molar-refractivity contribution in [2.45, 2.75) is 19.8 Å². The first kappa shape index (κ1) is 19.3. The molecule has 0 fully saturated rings. The summed E-state index contributed by atoms with van der Waals surface area (Å²) in [6.45, 7) is 2.74. The highest BCUT2D eigenvalue weighted by molar-refractivity contribution is 6.07. The van der Waals surface area contributed by atoms with Crippen LogP contribution >= 0.6 is 0 Å². The van der Waals surface area contributed by atoms with Gasteiger partial charge in [-0.25, -0.2) is 4.68 Å². The molecule has 1 aromatic heterocycles. The Morgan fingerprint density at radius 1 is 1.18 bits per heavy atom. The van der Waals surface area contributed by atoms with Crippen LogP contribution in [-0.2, 0) is 0 Å². The molecule has 0 saturated carbocycles. The molecule has 0 unspecified atom stereocenters. The van der Waals surface area contributed by atoms with Gasteiger partial charge in [0.2, 0.25) is 0 Å². The highest BCUT2D eigenvalue weighted by Gasteiger charge is 2.07. The first-order chi connectivity index (χ1) is 13.7. The van der Waals surface area contributed by atoms with Crippen LogP contribution in [0.15, 0.2) is 54.9 Å². The van der Waals surface area contributed by atoms with E-state index in [1.54, 1.807) is 31.4 Å². The van der Waals surface area contributed by atoms with E-state index in [1.807, 2.05) is 24.3 Å². The Kier molecular flexibility index (Phi) is 6.51. The van der Waals surface area contributed by atoms with Crippen molar-refractivity contribution in [1.82, 2.24) is 20.2 Å². The molecule has 0 atom stereocenters. The van der Waals surface area contributed by atoms with Gasteiger partial charge in [-0.1, -0.05) is 37.6 Å². The van der Waals surface area contributed by atoms with E-state index in [9.17, 15) is 4.79 Å². The van der Waals surface area contributed by atoms with Crippen molar-refractivity contribution in [3.63, 3.8) is 0 Å². The Hall–Kier alpha value is -3.48. The fourth-order valence-electron chi connectivity index (χ4n) is 2.59. The van der Waals surface area contributed by atoms with Gasteiger partial charge in [-0.2, -0.15) is 0 Å². The van der Waals surface area contributed by atoms with Crippen LogP contribution in [0.2, 0.25) is 0 Å². The molecule has 0 bridgehead atoms. The molecule has 0 aliphatic carbocycles. The highest BCUT2D eigenvalue weighted by atomic mass is 16.5. The molecule has 28 heavy (non-hydrogen) atoms. The summed E-state index contributed by atoms with van der Waals surface area (Å²) in [5.74, 6) is 1.24. The maximum atomic E-state index is 12.6. The summed E-state index contributed by atoms with van der Waals surface area (Å²) >= 11 is 0. The average Bonchev–Trinajstić information content (AvgIpc) is 3.27. The van der Waals surface area contributed by atoms with E-state index in [4.69, 9.17) is 9.47 Å². The third-order valence-electron chi connectivity index (χ3n) is 4.11. The summed E-state index contributed by atoms with van der Waals surface area (Å²) in [6.07, 6.45) is 6.81. The number of nitrogens with zero attached hydrogens (tertiary/aromatic N) is 4. The van der Waals surface area contributed by atoms with E-state index in [2.05, 4.69) is 22.4 Å². The molecule has 0 radical (unpaired) electrons. The maximum Gasteiger partial charge on any atom is 0.185 e. The Labute approximate surface area is 163 Å². The van der Waals surface area contributed by atoms with Crippen LogP contribution in [0.4, 0.5) is 0 Å². The van der Waals surface area contributed by atoms with Crippen molar-refractivity contribution < 1.29 is 14.3 Å². The molecule has 7 heteroatoms. The van der Waals surface area contributed by atoms with Gasteiger partial charge in [0.05, 0.1) is 19.4 Å². The summed E-state index contributed by atoms with van der Waals surface area (Å²) in [5, 5.41) is 11.1. The first-order valence-electron chi connectivity index (χ1n) is 9.08. The SMILES string of the molecule is CCCCOc1cc(/C=C/C(=O)c2cccc(-n3cnnn3)c2)ccc1OC. The number of rotatable bonds is 9. The quantitative estimate of drug-likeness (QED) is 0.321. The number of tetrazole rings is 1. The average molecular weight is 378 g/mol. The lowest BCUT2D eigenvalue weighted by molar-refractivity contribution is 0.104. The number of hydrogen-bond acceptors (Lipinski definition) is 6. The second kappa shape index (κ2) is 9.45. The number of benzene rings is 2. The number of methoxy groups -OCH3 is 1. The normalized spacial score (nSPS) is 10.9. The van der Waals surface area contributed by atoms with Gasteiger partial charge in [-0.15, -0.1) is 5.10 Å². The van der Waals surface area contributed by atoms with E-state index >= 15 is 0 Å². The van der Waals surface area contributed by atoms with Gasteiger partial charge in [0.25, 0.3) is 0 Å². The summed E-state index contributed by atoms with van der Waals surface area (Å²) in [4.78, 5) is 12.6. The van der Waals surface area contributed by atoms with E-state index < -0.39 is 0 Å². The molecule has 0 amide bonds. The summed E-state index contributed by atoms with van der Waals surface area (Å²) < 4.78 is 12.6. The predicted molar refractivity (Wildman–Crippen MR) is 106 cm³/mol. The molecule has 0 aliphatic rings. The van der Waals surface area contributed by atoms with Gasteiger partial charge in [-0.3, -0.25) is 4.79 Å². The van der Waals surface area contributed by atoms with Gasteiger partial charge in [0.1, 0.15) is 6.33 Å². The Morgan fingerprint density at radius 3 is 2.82 bits per heavy atom. The molecule has 0 saturated heterocycles. The third kappa shape index (κ3) is 4.82. The number of ketones is 1. The maximum absolute atomic E-state index is 12.6. The van der Waals surface area contributed by atoms with Gasteiger partial charge >= 0.3 is 0 Å². The lowest BCUT2D eigenvalue weighted by atomic mass is 10.1. The summed E-state index contributed by atoms with van der Waals surface area (Å²) in [6, 6.07) is 12.7. The fraction of sp³-hybridized carbons (Fsp3) is 0.238. The van der Waals surface area contributed by atoms with Crippen molar-refractivity contribution in [2.75, 3.05) is 13.7 Å². The molecule has 0 spiro atoms. The van der Waals surface area contributed by atoms with Crippen LogP contribution in [0.5, 0.6) is 11.5 Å². The minimum atomic E-state index is -0.112. The van der Waals surface area contributed by atoms with E-state index in [0.717, 1.165) is 24.1 Å². The Balaban J connectivity index is 1.75. The van der Waals surface area contributed by atoms with E-state index in [-0.39, 0.29) is 5.78 Å². The summed E-state index contributed by atoms with van der Waals surface area (Å²) in [7, 11) is 1.61. The molecule has 1 heterocycles. The predicted octanol–water partition coefficient (Wildman–Crippen LogP) is 3.75. The molecule has 0 N–H and O–H groups in total. The number of aromatic nitrogens is 4. The largest absolute Gasteiger partial charge is 0.493 e. The number of carbonyl (C=O) groups excluding carboxylic acids is 1. The number of allylic oxidation sites excluding steroid dienone is 1. The zero-order valence-corrected chi connectivity index (χ0v) is 15.9. The van der Waals surface area contributed by atoms with Crippen LogP contribution < -0.4 is 9.47 Å². The lowest BCUT2D eigenvalue weighted by Gasteiger charge is -2.11. The molecule has 2 aromatic carbocycles. The zero-order valence-electron chi connectivity index (χ0n) is 15.9. The molecule has 0 aliphatic heterocycles. The topological polar surface area (TPSA) is 79.1 Å². The van der Waals surface area contributed by atoms with Crippen LogP contribution in [0, 0.1) is 0 Å². The van der Waals surface area contributed by atoms with Crippen LogP contribution in [-0.4, -0.2) is 39.7 Å². The number of unbranched alkanes of at least 4 members (excludes halogenated alkanes) is 1. The van der Waals surface area contributed by atoms with Crippen molar-refractivity contribution in [3.8, 4) is 17.2 Å². The summed E-state index contributed by atoms with van der Waals surface area (Å²) in [5.41, 5.74) is 2.13. The van der Waals surface area contributed by atoms with Crippen LogP contribution in [0.3, 0.4) is 0 Å². The number of hydrogen-bond donors (Lipinski definition) is 0. The molecule has 7 nitrogen and oxygen atoms in total. The smallest absolute Gasteiger partial charge is 0.185 e. The van der Waals surface area contributed by atoms with Crippen LogP contribution in [0.25, 0.3) is 11.8 Å². The second-order valence-corrected chi connectivity index (χ2v) is 6.11.